The third-order valence-corrected chi connectivity index (χ3v) is 2.25. The second-order valence-electron chi connectivity index (χ2n) is 3.73. The van der Waals surface area contributed by atoms with Crippen LogP contribution < -0.4 is 5.73 Å². The minimum absolute atomic E-state index is 0.293. The first kappa shape index (κ1) is 12.7. The van der Waals surface area contributed by atoms with Crippen molar-refractivity contribution in [2.45, 2.75) is 64.8 Å². The van der Waals surface area contributed by atoms with Crippen LogP contribution in [-0.4, -0.2) is 6.04 Å². The Balaban J connectivity index is 3.25. The minimum atomic E-state index is 0.293. The number of nitrogens with two attached hydrogens (primary N) is 1. The van der Waals surface area contributed by atoms with Gasteiger partial charge in [0.05, 0.1) is 0 Å². The Morgan fingerprint density at radius 1 is 1.08 bits per heavy atom. The average molecular weight is 183 g/mol. The first-order valence-electron chi connectivity index (χ1n) is 5.73. The topological polar surface area (TPSA) is 26.0 Å². The molecule has 0 radical (unpaired) electrons. The van der Waals surface area contributed by atoms with Crippen molar-refractivity contribution in [1.82, 2.24) is 0 Å². The van der Waals surface area contributed by atoms with Crippen LogP contribution in [0.2, 0.25) is 0 Å². The standard InChI is InChI=1S/C12H25N/c1-3-5-7-8-9-11-12(13)10-6-4-2/h9,11-12H,3-8,10,13H2,1-2H3. The summed E-state index contributed by atoms with van der Waals surface area (Å²) in [6.45, 7) is 4.44. The molecule has 0 rings (SSSR count). The molecule has 1 nitrogen and oxygen atoms in total. The van der Waals surface area contributed by atoms with Crippen LogP contribution in [0.1, 0.15) is 58.8 Å². The van der Waals surface area contributed by atoms with Gasteiger partial charge >= 0.3 is 0 Å². The summed E-state index contributed by atoms with van der Waals surface area (Å²) in [4.78, 5) is 0. The van der Waals surface area contributed by atoms with E-state index in [1.165, 1.54) is 38.5 Å². The Bertz CT molecular complexity index is 118. The van der Waals surface area contributed by atoms with Gasteiger partial charge in [-0.25, -0.2) is 0 Å². The molecule has 0 fully saturated rings. The summed E-state index contributed by atoms with van der Waals surface area (Å²) < 4.78 is 0. The van der Waals surface area contributed by atoms with Crippen LogP contribution >= 0.6 is 0 Å². The zero-order valence-electron chi connectivity index (χ0n) is 9.26. The fourth-order valence-electron chi connectivity index (χ4n) is 1.32. The molecule has 1 atom stereocenters. The van der Waals surface area contributed by atoms with Crippen molar-refractivity contribution in [3.8, 4) is 0 Å². The van der Waals surface area contributed by atoms with Crippen molar-refractivity contribution in [3.05, 3.63) is 12.2 Å². The highest BCUT2D eigenvalue weighted by Gasteiger charge is 1.94. The van der Waals surface area contributed by atoms with Gasteiger partial charge in [0.25, 0.3) is 0 Å². The maximum absolute atomic E-state index is 5.89. The SMILES string of the molecule is CCCCCC=CC(N)CCCC. The van der Waals surface area contributed by atoms with E-state index in [0.29, 0.717) is 6.04 Å². The molecule has 0 aromatic heterocycles. The van der Waals surface area contributed by atoms with Crippen LogP contribution in [0.5, 0.6) is 0 Å². The molecule has 1 unspecified atom stereocenters. The van der Waals surface area contributed by atoms with Crippen LogP contribution in [0.3, 0.4) is 0 Å². The third-order valence-electron chi connectivity index (χ3n) is 2.25. The van der Waals surface area contributed by atoms with Gasteiger partial charge in [-0.1, -0.05) is 51.7 Å². The van der Waals surface area contributed by atoms with E-state index in [4.69, 9.17) is 5.73 Å². The first-order valence-corrected chi connectivity index (χ1v) is 5.73. The first-order chi connectivity index (χ1) is 6.31. The predicted molar refractivity (Wildman–Crippen MR) is 60.8 cm³/mol. The van der Waals surface area contributed by atoms with Crippen LogP contribution in [0.4, 0.5) is 0 Å². The number of rotatable bonds is 8. The monoisotopic (exact) mass is 183 g/mol. The molecule has 0 aliphatic carbocycles. The van der Waals surface area contributed by atoms with Crippen molar-refractivity contribution in [2.75, 3.05) is 0 Å². The van der Waals surface area contributed by atoms with Gasteiger partial charge in [0.15, 0.2) is 0 Å². The maximum atomic E-state index is 5.89. The Hall–Kier alpha value is -0.300. The lowest BCUT2D eigenvalue weighted by Gasteiger charge is -2.03. The van der Waals surface area contributed by atoms with E-state index >= 15 is 0 Å². The summed E-state index contributed by atoms with van der Waals surface area (Å²) in [7, 11) is 0. The lowest BCUT2D eigenvalue weighted by molar-refractivity contribution is 0.651. The van der Waals surface area contributed by atoms with Gasteiger partial charge in [0.2, 0.25) is 0 Å². The number of allylic oxidation sites excluding steroid dienone is 1. The van der Waals surface area contributed by atoms with Crippen molar-refractivity contribution in [2.24, 2.45) is 5.73 Å². The third kappa shape index (κ3) is 9.62. The Morgan fingerprint density at radius 3 is 2.38 bits per heavy atom. The molecule has 0 aliphatic heterocycles. The van der Waals surface area contributed by atoms with E-state index < -0.39 is 0 Å². The van der Waals surface area contributed by atoms with Gasteiger partial charge < -0.3 is 5.73 Å². The summed E-state index contributed by atoms with van der Waals surface area (Å²) in [5.41, 5.74) is 5.89. The molecule has 0 amide bonds. The van der Waals surface area contributed by atoms with Gasteiger partial charge in [-0.3, -0.25) is 0 Å². The molecule has 0 aliphatic rings. The van der Waals surface area contributed by atoms with Crippen LogP contribution in [-0.2, 0) is 0 Å². The highest BCUT2D eigenvalue weighted by Crippen LogP contribution is 2.03. The van der Waals surface area contributed by atoms with Crippen molar-refractivity contribution in [1.29, 1.82) is 0 Å². The molecule has 1 heteroatoms. The van der Waals surface area contributed by atoms with E-state index in [2.05, 4.69) is 26.0 Å². The van der Waals surface area contributed by atoms with E-state index in [9.17, 15) is 0 Å². The van der Waals surface area contributed by atoms with Gasteiger partial charge in [-0.15, -0.1) is 0 Å². The summed E-state index contributed by atoms with van der Waals surface area (Å²) in [6.07, 6.45) is 13.2. The molecule has 13 heavy (non-hydrogen) atoms. The fraction of sp³-hybridized carbons (Fsp3) is 0.833. The molecule has 2 N–H and O–H groups in total. The van der Waals surface area contributed by atoms with Crippen LogP contribution in [0.15, 0.2) is 12.2 Å². The highest BCUT2D eigenvalue weighted by molar-refractivity contribution is 4.90. The van der Waals surface area contributed by atoms with Crippen LogP contribution in [0.25, 0.3) is 0 Å². The quantitative estimate of drug-likeness (QED) is 0.451. The second kappa shape index (κ2) is 9.79. The van der Waals surface area contributed by atoms with Crippen LogP contribution in [0, 0.1) is 0 Å². The Labute approximate surface area is 83.4 Å². The summed E-state index contributed by atoms with van der Waals surface area (Å²) in [5, 5.41) is 0. The van der Waals surface area contributed by atoms with Crippen molar-refractivity contribution in [3.63, 3.8) is 0 Å². The second-order valence-corrected chi connectivity index (χ2v) is 3.73. The Morgan fingerprint density at radius 2 is 1.77 bits per heavy atom. The van der Waals surface area contributed by atoms with E-state index in [1.807, 2.05) is 0 Å². The molecule has 0 aromatic carbocycles. The lowest BCUT2D eigenvalue weighted by atomic mass is 10.1. The maximum Gasteiger partial charge on any atom is 0.0223 e. The summed E-state index contributed by atoms with van der Waals surface area (Å²) >= 11 is 0. The highest BCUT2D eigenvalue weighted by atomic mass is 14.6. The van der Waals surface area contributed by atoms with Crippen molar-refractivity contribution < 1.29 is 0 Å². The molecule has 0 heterocycles. The van der Waals surface area contributed by atoms with E-state index in [0.717, 1.165) is 6.42 Å². The number of hydrogen-bond donors (Lipinski definition) is 1. The Kier molecular flexibility index (Phi) is 9.56. The number of hydrogen-bond acceptors (Lipinski definition) is 1. The zero-order chi connectivity index (χ0) is 9.94. The molecule has 0 bridgehead atoms. The van der Waals surface area contributed by atoms with Gasteiger partial charge in [-0.2, -0.15) is 0 Å². The van der Waals surface area contributed by atoms with E-state index in [1.54, 1.807) is 0 Å². The minimum Gasteiger partial charge on any atom is -0.324 e. The largest absolute Gasteiger partial charge is 0.324 e. The fourth-order valence-corrected chi connectivity index (χ4v) is 1.32. The summed E-state index contributed by atoms with van der Waals surface area (Å²) in [5.74, 6) is 0. The average Bonchev–Trinajstić information content (AvgIpc) is 2.14. The van der Waals surface area contributed by atoms with Crippen molar-refractivity contribution >= 4 is 0 Å². The van der Waals surface area contributed by atoms with Gasteiger partial charge in [-0.05, 0) is 19.3 Å². The molecule has 0 saturated heterocycles. The van der Waals surface area contributed by atoms with Gasteiger partial charge in [0.1, 0.15) is 0 Å². The zero-order valence-corrected chi connectivity index (χ0v) is 9.26. The lowest BCUT2D eigenvalue weighted by Crippen LogP contribution is -2.16. The predicted octanol–water partition coefficient (Wildman–Crippen LogP) is 3.64. The molecule has 78 valence electrons. The molecule has 0 spiro atoms. The van der Waals surface area contributed by atoms with Gasteiger partial charge in [0, 0.05) is 6.04 Å². The number of unbranched alkanes of at least 4 members (excludes halogenated alkanes) is 4. The molecular weight excluding hydrogens is 158 g/mol. The molecule has 0 saturated carbocycles. The normalized spacial score (nSPS) is 13.8. The summed E-state index contributed by atoms with van der Waals surface area (Å²) in [6, 6.07) is 0.293. The molecule has 0 aromatic rings. The smallest absolute Gasteiger partial charge is 0.0223 e. The van der Waals surface area contributed by atoms with E-state index in [-0.39, 0.29) is 0 Å². The molecular formula is C12H25N.